The van der Waals surface area contributed by atoms with Crippen molar-refractivity contribution in [2.45, 2.75) is 33.1 Å². The summed E-state index contributed by atoms with van der Waals surface area (Å²) < 4.78 is 5.27. The standard InChI is InChI=1S/C14H20N4O/c1-14(2,7-8-15)6-5-12-17-13(18-19-12)11-4-3-9-16-10-11/h3-4,9-10H,5-8,15H2,1-2H3. The molecule has 0 amide bonds. The molecule has 0 aliphatic rings. The topological polar surface area (TPSA) is 77.8 Å². The number of nitrogens with zero attached hydrogens (tertiary/aromatic N) is 3. The lowest BCUT2D eigenvalue weighted by Gasteiger charge is -2.22. The molecule has 2 heterocycles. The molecule has 0 aliphatic heterocycles. The Kier molecular flexibility index (Phi) is 4.27. The molecule has 0 fully saturated rings. The Morgan fingerprint density at radius 1 is 1.32 bits per heavy atom. The van der Waals surface area contributed by atoms with Crippen LogP contribution in [0.3, 0.4) is 0 Å². The fourth-order valence-corrected chi connectivity index (χ4v) is 1.93. The molecule has 19 heavy (non-hydrogen) atoms. The highest BCUT2D eigenvalue weighted by Crippen LogP contribution is 2.26. The van der Waals surface area contributed by atoms with E-state index in [1.54, 1.807) is 12.4 Å². The number of aromatic nitrogens is 3. The van der Waals surface area contributed by atoms with E-state index < -0.39 is 0 Å². The van der Waals surface area contributed by atoms with Gasteiger partial charge in [-0.3, -0.25) is 4.98 Å². The molecule has 2 rings (SSSR count). The van der Waals surface area contributed by atoms with Gasteiger partial charge in [0.1, 0.15) is 0 Å². The van der Waals surface area contributed by atoms with Crippen molar-refractivity contribution in [3.63, 3.8) is 0 Å². The average molecular weight is 260 g/mol. The minimum absolute atomic E-state index is 0.206. The van der Waals surface area contributed by atoms with Gasteiger partial charge in [0.25, 0.3) is 0 Å². The molecule has 0 saturated heterocycles. The van der Waals surface area contributed by atoms with Crippen LogP contribution in [0.4, 0.5) is 0 Å². The smallest absolute Gasteiger partial charge is 0.226 e. The van der Waals surface area contributed by atoms with Gasteiger partial charge in [-0.25, -0.2) is 0 Å². The number of hydrogen-bond acceptors (Lipinski definition) is 5. The molecule has 2 aromatic rings. The van der Waals surface area contributed by atoms with Gasteiger partial charge in [0.05, 0.1) is 0 Å². The van der Waals surface area contributed by atoms with Gasteiger partial charge >= 0.3 is 0 Å². The normalized spacial score (nSPS) is 11.7. The van der Waals surface area contributed by atoms with Crippen LogP contribution >= 0.6 is 0 Å². The zero-order valence-corrected chi connectivity index (χ0v) is 11.5. The number of pyridine rings is 1. The summed E-state index contributed by atoms with van der Waals surface area (Å²) in [5.41, 5.74) is 6.69. The summed E-state index contributed by atoms with van der Waals surface area (Å²) in [4.78, 5) is 8.44. The molecule has 102 valence electrons. The molecule has 0 unspecified atom stereocenters. The number of hydrogen-bond donors (Lipinski definition) is 1. The van der Waals surface area contributed by atoms with Gasteiger partial charge in [-0.2, -0.15) is 4.98 Å². The summed E-state index contributed by atoms with van der Waals surface area (Å²) in [6.07, 6.45) is 6.21. The van der Waals surface area contributed by atoms with Crippen LogP contribution in [0, 0.1) is 5.41 Å². The molecule has 0 atom stereocenters. The molecule has 2 aromatic heterocycles. The van der Waals surface area contributed by atoms with Crippen LogP contribution in [0.5, 0.6) is 0 Å². The second-order valence-corrected chi connectivity index (χ2v) is 5.46. The fourth-order valence-electron chi connectivity index (χ4n) is 1.93. The first-order chi connectivity index (χ1) is 9.11. The van der Waals surface area contributed by atoms with E-state index in [-0.39, 0.29) is 5.41 Å². The molecule has 0 bridgehead atoms. The van der Waals surface area contributed by atoms with Gasteiger partial charge in [0.2, 0.25) is 11.7 Å². The minimum Gasteiger partial charge on any atom is -0.339 e. The maximum absolute atomic E-state index is 5.61. The third-order valence-electron chi connectivity index (χ3n) is 3.22. The van der Waals surface area contributed by atoms with E-state index in [9.17, 15) is 0 Å². The van der Waals surface area contributed by atoms with Crippen LogP contribution in [0.2, 0.25) is 0 Å². The third-order valence-corrected chi connectivity index (χ3v) is 3.22. The highest BCUT2D eigenvalue weighted by Gasteiger charge is 2.18. The SMILES string of the molecule is CC(C)(CCN)CCc1nc(-c2cccnc2)no1. The summed E-state index contributed by atoms with van der Waals surface area (Å²) in [6.45, 7) is 5.12. The summed E-state index contributed by atoms with van der Waals surface area (Å²) in [5, 5.41) is 3.98. The van der Waals surface area contributed by atoms with E-state index in [0.717, 1.165) is 24.8 Å². The Labute approximate surface area is 113 Å². The first-order valence-corrected chi connectivity index (χ1v) is 6.54. The van der Waals surface area contributed by atoms with E-state index in [4.69, 9.17) is 10.3 Å². The molecule has 0 radical (unpaired) electrons. The van der Waals surface area contributed by atoms with Crippen LogP contribution < -0.4 is 5.73 Å². The summed E-state index contributed by atoms with van der Waals surface area (Å²) in [5.74, 6) is 1.27. The third kappa shape index (κ3) is 3.86. The van der Waals surface area contributed by atoms with Gasteiger partial charge < -0.3 is 10.3 Å². The van der Waals surface area contributed by atoms with Gasteiger partial charge in [0.15, 0.2) is 0 Å². The summed E-state index contributed by atoms with van der Waals surface area (Å²) in [7, 11) is 0. The van der Waals surface area contributed by atoms with E-state index in [2.05, 4.69) is 29.0 Å². The molecule has 0 saturated carbocycles. The molecule has 0 aliphatic carbocycles. The van der Waals surface area contributed by atoms with E-state index in [1.165, 1.54) is 0 Å². The molecule has 2 N–H and O–H groups in total. The predicted molar refractivity (Wildman–Crippen MR) is 73.3 cm³/mol. The lowest BCUT2D eigenvalue weighted by molar-refractivity contribution is 0.289. The fraction of sp³-hybridized carbons (Fsp3) is 0.500. The largest absolute Gasteiger partial charge is 0.339 e. The lowest BCUT2D eigenvalue weighted by Crippen LogP contribution is -2.17. The minimum atomic E-state index is 0.206. The number of nitrogens with two attached hydrogens (primary N) is 1. The summed E-state index contributed by atoms with van der Waals surface area (Å²) in [6, 6.07) is 3.77. The summed E-state index contributed by atoms with van der Waals surface area (Å²) >= 11 is 0. The number of aryl methyl sites for hydroxylation is 1. The van der Waals surface area contributed by atoms with Crippen LogP contribution in [0.25, 0.3) is 11.4 Å². The molecule has 5 heteroatoms. The molecular weight excluding hydrogens is 240 g/mol. The van der Waals surface area contributed by atoms with Crippen molar-refractivity contribution in [2.24, 2.45) is 11.1 Å². The molecule has 0 aromatic carbocycles. The van der Waals surface area contributed by atoms with Gasteiger partial charge in [0, 0.05) is 24.4 Å². The van der Waals surface area contributed by atoms with Crippen molar-refractivity contribution < 1.29 is 4.52 Å². The average Bonchev–Trinajstić information content (AvgIpc) is 2.86. The maximum atomic E-state index is 5.61. The lowest BCUT2D eigenvalue weighted by atomic mass is 9.84. The Balaban J connectivity index is 1.99. The Morgan fingerprint density at radius 3 is 2.84 bits per heavy atom. The maximum Gasteiger partial charge on any atom is 0.226 e. The van der Waals surface area contributed by atoms with Gasteiger partial charge in [-0.1, -0.05) is 19.0 Å². The van der Waals surface area contributed by atoms with Gasteiger partial charge in [-0.15, -0.1) is 0 Å². The monoisotopic (exact) mass is 260 g/mol. The molecule has 5 nitrogen and oxygen atoms in total. The zero-order chi connectivity index (χ0) is 13.7. The van der Waals surface area contributed by atoms with Crippen LogP contribution in [0.15, 0.2) is 29.0 Å². The Bertz CT molecular complexity index is 507. The second-order valence-electron chi connectivity index (χ2n) is 5.46. The quantitative estimate of drug-likeness (QED) is 0.863. The van der Waals surface area contributed by atoms with Crippen molar-refractivity contribution in [3.8, 4) is 11.4 Å². The predicted octanol–water partition coefficient (Wildman–Crippen LogP) is 2.44. The van der Waals surface area contributed by atoms with Crippen molar-refractivity contribution in [1.29, 1.82) is 0 Å². The molecule has 0 spiro atoms. The van der Waals surface area contributed by atoms with Gasteiger partial charge in [-0.05, 0) is 36.9 Å². The Hall–Kier alpha value is -1.75. The number of rotatable bonds is 6. The van der Waals surface area contributed by atoms with Crippen LogP contribution in [-0.4, -0.2) is 21.7 Å². The van der Waals surface area contributed by atoms with E-state index in [0.29, 0.717) is 18.3 Å². The highest BCUT2D eigenvalue weighted by atomic mass is 16.5. The van der Waals surface area contributed by atoms with Crippen molar-refractivity contribution in [3.05, 3.63) is 30.4 Å². The van der Waals surface area contributed by atoms with Crippen molar-refractivity contribution in [1.82, 2.24) is 15.1 Å². The zero-order valence-electron chi connectivity index (χ0n) is 11.5. The van der Waals surface area contributed by atoms with E-state index >= 15 is 0 Å². The van der Waals surface area contributed by atoms with Crippen molar-refractivity contribution in [2.75, 3.05) is 6.54 Å². The Morgan fingerprint density at radius 2 is 2.16 bits per heavy atom. The highest BCUT2D eigenvalue weighted by molar-refractivity contribution is 5.51. The van der Waals surface area contributed by atoms with Crippen LogP contribution in [-0.2, 0) is 6.42 Å². The van der Waals surface area contributed by atoms with Crippen LogP contribution in [0.1, 0.15) is 32.6 Å². The molecular formula is C14H20N4O. The van der Waals surface area contributed by atoms with Crippen molar-refractivity contribution >= 4 is 0 Å². The first-order valence-electron chi connectivity index (χ1n) is 6.54. The van der Waals surface area contributed by atoms with E-state index in [1.807, 2.05) is 12.1 Å². The second kappa shape index (κ2) is 5.93. The first kappa shape index (κ1) is 13.7.